The monoisotopic (exact) mass is 413 g/mol. The van der Waals surface area contributed by atoms with Crippen LogP contribution in [0.3, 0.4) is 0 Å². The molecule has 0 spiro atoms. The molecule has 30 heavy (non-hydrogen) atoms. The lowest BCUT2D eigenvalue weighted by molar-refractivity contribution is -0.0784. The van der Waals surface area contributed by atoms with Crippen molar-refractivity contribution in [2.24, 2.45) is 5.92 Å². The zero-order chi connectivity index (χ0) is 20.7. The van der Waals surface area contributed by atoms with Crippen LogP contribution in [-0.4, -0.2) is 58.4 Å². The molecule has 7 nitrogen and oxygen atoms in total. The maximum atomic E-state index is 6.54. The number of ether oxygens (including phenoxy) is 6. The summed E-state index contributed by atoms with van der Waals surface area (Å²) < 4.78 is 34.4. The van der Waals surface area contributed by atoms with E-state index in [-0.39, 0.29) is 24.9 Å². The van der Waals surface area contributed by atoms with Gasteiger partial charge in [-0.1, -0.05) is 13.0 Å². The average molecular weight is 413 g/mol. The van der Waals surface area contributed by atoms with Crippen molar-refractivity contribution in [3.05, 3.63) is 41.5 Å². The molecule has 7 heteroatoms. The molecule has 0 aliphatic carbocycles. The highest BCUT2D eigenvalue weighted by atomic mass is 16.7. The molecule has 0 radical (unpaired) electrons. The van der Waals surface area contributed by atoms with Crippen LogP contribution in [0.2, 0.25) is 0 Å². The molecule has 0 bridgehead atoms. The van der Waals surface area contributed by atoms with Crippen LogP contribution in [-0.2, 0) is 4.74 Å². The summed E-state index contributed by atoms with van der Waals surface area (Å²) >= 11 is 0. The van der Waals surface area contributed by atoms with Crippen LogP contribution in [0, 0.1) is 5.92 Å². The van der Waals surface area contributed by atoms with Crippen LogP contribution >= 0.6 is 0 Å². The lowest BCUT2D eigenvalue weighted by Gasteiger charge is -2.44. The fourth-order valence-corrected chi connectivity index (χ4v) is 4.74. The summed E-state index contributed by atoms with van der Waals surface area (Å²) in [6, 6.07) is 10.2. The predicted octanol–water partition coefficient (Wildman–Crippen LogP) is 3.25. The van der Waals surface area contributed by atoms with Gasteiger partial charge < -0.3 is 28.4 Å². The first-order valence-corrected chi connectivity index (χ1v) is 10.3. The van der Waals surface area contributed by atoms with Crippen LogP contribution in [0.5, 0.6) is 28.7 Å². The Labute approximate surface area is 176 Å². The maximum Gasteiger partial charge on any atom is 0.231 e. The van der Waals surface area contributed by atoms with Gasteiger partial charge in [-0.3, -0.25) is 4.90 Å². The Morgan fingerprint density at radius 1 is 0.900 bits per heavy atom. The summed E-state index contributed by atoms with van der Waals surface area (Å²) in [7, 11) is 3.32. The molecule has 0 amide bonds. The Kier molecular flexibility index (Phi) is 5.08. The van der Waals surface area contributed by atoms with Crippen molar-refractivity contribution < 1.29 is 28.4 Å². The number of morpholine rings is 1. The Morgan fingerprint density at radius 2 is 1.63 bits per heavy atom. The number of fused-ring (bicyclic) bond motifs is 2. The summed E-state index contributed by atoms with van der Waals surface area (Å²) in [5.41, 5.74) is 2.25. The smallest absolute Gasteiger partial charge is 0.231 e. The van der Waals surface area contributed by atoms with Crippen LogP contribution in [0.15, 0.2) is 30.3 Å². The number of nitrogens with zero attached hydrogens (tertiary/aromatic N) is 1. The molecule has 0 aromatic heterocycles. The van der Waals surface area contributed by atoms with Crippen molar-refractivity contribution in [1.82, 2.24) is 4.90 Å². The van der Waals surface area contributed by atoms with Crippen LogP contribution in [0.4, 0.5) is 0 Å². The third-order valence-electron chi connectivity index (χ3n) is 6.24. The van der Waals surface area contributed by atoms with Crippen LogP contribution in [0.25, 0.3) is 0 Å². The van der Waals surface area contributed by atoms with E-state index in [2.05, 4.69) is 30.0 Å². The maximum absolute atomic E-state index is 6.54. The zero-order valence-corrected chi connectivity index (χ0v) is 17.6. The molecule has 5 rings (SSSR count). The van der Waals surface area contributed by atoms with E-state index in [1.807, 2.05) is 12.1 Å². The second kappa shape index (κ2) is 7.89. The third-order valence-corrected chi connectivity index (χ3v) is 6.24. The minimum absolute atomic E-state index is 0.0557. The molecule has 2 aromatic carbocycles. The van der Waals surface area contributed by atoms with Gasteiger partial charge in [0.05, 0.1) is 27.4 Å². The predicted molar refractivity (Wildman–Crippen MR) is 110 cm³/mol. The highest BCUT2D eigenvalue weighted by molar-refractivity contribution is 5.57. The van der Waals surface area contributed by atoms with Gasteiger partial charge in [-0.05, 0) is 23.8 Å². The van der Waals surface area contributed by atoms with E-state index in [0.29, 0.717) is 0 Å². The van der Waals surface area contributed by atoms with E-state index in [0.717, 1.165) is 66.2 Å². The molecule has 3 aliphatic rings. The number of hydrogen-bond donors (Lipinski definition) is 0. The molecular formula is C23H27NO6. The molecule has 160 valence electrons. The lowest BCUT2D eigenvalue weighted by atomic mass is 9.78. The molecular weight excluding hydrogens is 386 g/mol. The summed E-state index contributed by atoms with van der Waals surface area (Å²) in [6.07, 6.45) is -0.0557. The molecule has 3 atom stereocenters. The minimum atomic E-state index is -0.0557. The van der Waals surface area contributed by atoms with Crippen molar-refractivity contribution >= 4 is 0 Å². The molecule has 0 unspecified atom stereocenters. The standard InChI is InChI=1S/C23H27NO6/c1-14-22(15-4-5-17(25-2)19(10-15)26-3)16-11-20-21(29-13-28-20)12-18(16)30-23(14)24-6-8-27-9-7-24/h4-5,10-12,14,22-23H,6-9,13H2,1-3H3/t14-,22-,23-/m0/s1. The highest BCUT2D eigenvalue weighted by Crippen LogP contribution is 2.50. The highest BCUT2D eigenvalue weighted by Gasteiger charge is 2.41. The van der Waals surface area contributed by atoms with Gasteiger partial charge in [0.1, 0.15) is 5.75 Å². The number of rotatable bonds is 4. The van der Waals surface area contributed by atoms with E-state index in [4.69, 9.17) is 28.4 Å². The molecule has 1 fully saturated rings. The molecule has 3 heterocycles. The van der Waals surface area contributed by atoms with E-state index >= 15 is 0 Å². The summed E-state index contributed by atoms with van der Waals surface area (Å²) in [5, 5.41) is 0. The summed E-state index contributed by atoms with van der Waals surface area (Å²) in [6.45, 7) is 5.64. The van der Waals surface area contributed by atoms with E-state index in [9.17, 15) is 0 Å². The van der Waals surface area contributed by atoms with Crippen molar-refractivity contribution in [2.45, 2.75) is 19.1 Å². The fourth-order valence-electron chi connectivity index (χ4n) is 4.74. The second-order valence-corrected chi connectivity index (χ2v) is 7.85. The SMILES string of the molecule is COc1ccc([C@H]2c3cc4c(cc3O[C@H](N3CCOCC3)[C@H]2C)OCO4)cc1OC. The van der Waals surface area contributed by atoms with Crippen LogP contribution in [0.1, 0.15) is 24.0 Å². The normalized spacial score (nSPS) is 25.4. The van der Waals surface area contributed by atoms with Gasteiger partial charge in [0.15, 0.2) is 29.2 Å². The lowest BCUT2D eigenvalue weighted by Crippen LogP contribution is -2.52. The minimum Gasteiger partial charge on any atom is -0.493 e. The van der Waals surface area contributed by atoms with Gasteiger partial charge >= 0.3 is 0 Å². The van der Waals surface area contributed by atoms with E-state index in [1.54, 1.807) is 14.2 Å². The van der Waals surface area contributed by atoms with E-state index in [1.165, 1.54) is 0 Å². The Bertz CT molecular complexity index is 926. The molecule has 0 N–H and O–H groups in total. The summed E-state index contributed by atoms with van der Waals surface area (Å²) in [5.74, 6) is 4.09. The quantitative estimate of drug-likeness (QED) is 0.763. The van der Waals surface area contributed by atoms with Crippen molar-refractivity contribution in [3.63, 3.8) is 0 Å². The second-order valence-electron chi connectivity index (χ2n) is 7.85. The third kappa shape index (κ3) is 3.22. The van der Waals surface area contributed by atoms with Crippen LogP contribution < -0.4 is 23.7 Å². The van der Waals surface area contributed by atoms with Crippen molar-refractivity contribution in [2.75, 3.05) is 47.3 Å². The first-order chi connectivity index (χ1) is 14.7. The van der Waals surface area contributed by atoms with Crippen molar-refractivity contribution in [3.8, 4) is 28.7 Å². The number of benzene rings is 2. The average Bonchev–Trinajstić information content (AvgIpc) is 3.25. The van der Waals surface area contributed by atoms with Gasteiger partial charge in [0.25, 0.3) is 0 Å². The molecule has 3 aliphatic heterocycles. The van der Waals surface area contributed by atoms with E-state index < -0.39 is 0 Å². The van der Waals surface area contributed by atoms with Gasteiger partial charge in [-0.15, -0.1) is 0 Å². The van der Waals surface area contributed by atoms with Gasteiger partial charge in [0.2, 0.25) is 6.79 Å². The Hall–Kier alpha value is -2.64. The number of methoxy groups -OCH3 is 2. The van der Waals surface area contributed by atoms with Gasteiger partial charge in [-0.2, -0.15) is 0 Å². The van der Waals surface area contributed by atoms with Gasteiger partial charge in [0, 0.05) is 36.6 Å². The molecule has 0 saturated carbocycles. The first-order valence-electron chi connectivity index (χ1n) is 10.3. The first kappa shape index (κ1) is 19.3. The fraction of sp³-hybridized carbons (Fsp3) is 0.478. The largest absolute Gasteiger partial charge is 0.493 e. The molecule has 1 saturated heterocycles. The van der Waals surface area contributed by atoms with Gasteiger partial charge in [-0.25, -0.2) is 0 Å². The zero-order valence-electron chi connectivity index (χ0n) is 17.6. The van der Waals surface area contributed by atoms with Crippen molar-refractivity contribution in [1.29, 1.82) is 0 Å². The number of hydrogen-bond acceptors (Lipinski definition) is 7. The Balaban J connectivity index is 1.60. The molecule has 2 aromatic rings. The summed E-state index contributed by atoms with van der Waals surface area (Å²) in [4.78, 5) is 2.37. The Morgan fingerprint density at radius 3 is 2.37 bits per heavy atom. The topological polar surface area (TPSA) is 58.6 Å².